The second-order valence-corrected chi connectivity index (χ2v) is 4.63. The third kappa shape index (κ3) is 3.22. The van der Waals surface area contributed by atoms with Crippen molar-refractivity contribution in [3.8, 4) is 0 Å². The van der Waals surface area contributed by atoms with Crippen LogP contribution in [0.1, 0.15) is 37.6 Å². The smallest absolute Gasteiger partial charge is 0.0846 e. The van der Waals surface area contributed by atoms with Crippen molar-refractivity contribution < 1.29 is 0 Å². The van der Waals surface area contributed by atoms with Crippen molar-refractivity contribution in [2.24, 2.45) is 7.05 Å². The quantitative estimate of drug-likeness (QED) is 0.833. The molecule has 0 radical (unpaired) electrons. The first kappa shape index (κ1) is 13.5. The van der Waals surface area contributed by atoms with Gasteiger partial charge < -0.3 is 5.32 Å². The Morgan fingerprint density at radius 1 is 1.50 bits per heavy atom. The van der Waals surface area contributed by atoms with Crippen LogP contribution in [0.2, 0.25) is 5.02 Å². The summed E-state index contributed by atoms with van der Waals surface area (Å²) in [6.07, 6.45) is 4.52. The molecule has 1 unspecified atom stereocenters. The average Bonchev–Trinajstić information content (AvgIpc) is 2.50. The van der Waals surface area contributed by atoms with Gasteiger partial charge in [-0.2, -0.15) is 5.10 Å². The minimum Gasteiger partial charge on any atom is -0.317 e. The van der Waals surface area contributed by atoms with Crippen LogP contribution in [0.5, 0.6) is 0 Å². The highest BCUT2D eigenvalue weighted by molar-refractivity contribution is 6.31. The molecular weight excluding hydrogens is 222 g/mol. The molecule has 1 aromatic rings. The van der Waals surface area contributed by atoms with Crippen molar-refractivity contribution in [3.05, 3.63) is 16.4 Å². The second-order valence-electron chi connectivity index (χ2n) is 4.26. The number of hydrogen-bond acceptors (Lipinski definition) is 2. The lowest BCUT2D eigenvalue weighted by Crippen LogP contribution is -2.24. The fraction of sp³-hybridized carbons (Fsp3) is 0.750. The van der Waals surface area contributed by atoms with Gasteiger partial charge in [0.15, 0.2) is 0 Å². The van der Waals surface area contributed by atoms with E-state index in [-0.39, 0.29) is 0 Å². The van der Waals surface area contributed by atoms with E-state index in [0.717, 1.165) is 29.3 Å². The van der Waals surface area contributed by atoms with E-state index in [1.807, 2.05) is 25.7 Å². The van der Waals surface area contributed by atoms with E-state index in [0.29, 0.717) is 6.04 Å². The summed E-state index contributed by atoms with van der Waals surface area (Å²) in [7, 11) is 3.99. The molecule has 0 saturated heterocycles. The number of nitrogens with zero attached hydrogens (tertiary/aromatic N) is 2. The molecule has 3 nitrogen and oxygen atoms in total. The minimum atomic E-state index is 0.619. The Balaban J connectivity index is 2.48. The zero-order valence-electron chi connectivity index (χ0n) is 10.7. The monoisotopic (exact) mass is 243 g/mol. The van der Waals surface area contributed by atoms with E-state index >= 15 is 0 Å². The Labute approximate surface area is 103 Å². The predicted octanol–water partition coefficient (Wildman–Crippen LogP) is 2.70. The molecule has 1 rings (SSSR count). The molecule has 0 saturated carbocycles. The van der Waals surface area contributed by atoms with Crippen LogP contribution >= 0.6 is 11.6 Å². The van der Waals surface area contributed by atoms with E-state index in [2.05, 4.69) is 17.3 Å². The number of nitrogens with one attached hydrogen (secondary N) is 1. The zero-order chi connectivity index (χ0) is 12.1. The van der Waals surface area contributed by atoms with E-state index in [9.17, 15) is 0 Å². The van der Waals surface area contributed by atoms with Gasteiger partial charge in [-0.1, -0.05) is 18.5 Å². The molecule has 0 amide bonds. The van der Waals surface area contributed by atoms with Gasteiger partial charge in [0, 0.05) is 13.1 Å². The lowest BCUT2D eigenvalue weighted by Gasteiger charge is -2.13. The van der Waals surface area contributed by atoms with E-state index < -0.39 is 0 Å². The Morgan fingerprint density at radius 3 is 2.62 bits per heavy atom. The molecule has 1 aromatic heterocycles. The van der Waals surface area contributed by atoms with Crippen molar-refractivity contribution in [3.63, 3.8) is 0 Å². The minimum absolute atomic E-state index is 0.619. The summed E-state index contributed by atoms with van der Waals surface area (Å²) in [4.78, 5) is 0. The largest absolute Gasteiger partial charge is 0.317 e. The molecule has 0 bridgehead atoms. The number of aromatic nitrogens is 2. The van der Waals surface area contributed by atoms with Gasteiger partial charge in [-0.25, -0.2) is 0 Å². The molecule has 0 aromatic carbocycles. The molecule has 4 heteroatoms. The van der Waals surface area contributed by atoms with Gasteiger partial charge in [-0.05, 0) is 39.7 Å². The third-order valence-corrected chi connectivity index (χ3v) is 3.62. The molecule has 0 aliphatic rings. The normalized spacial score (nSPS) is 13.1. The molecular formula is C12H22ClN3. The summed E-state index contributed by atoms with van der Waals surface area (Å²) in [6.45, 7) is 4.16. The molecule has 0 aliphatic heterocycles. The fourth-order valence-electron chi connectivity index (χ4n) is 2.02. The van der Waals surface area contributed by atoms with Gasteiger partial charge in [0.25, 0.3) is 0 Å². The summed E-state index contributed by atoms with van der Waals surface area (Å²) in [5.74, 6) is 0. The molecule has 1 N–H and O–H groups in total. The Hall–Kier alpha value is -0.540. The van der Waals surface area contributed by atoms with Gasteiger partial charge in [-0.3, -0.25) is 4.68 Å². The fourth-order valence-corrected chi connectivity index (χ4v) is 2.27. The molecule has 0 fully saturated rings. The maximum absolute atomic E-state index is 6.20. The second kappa shape index (κ2) is 6.26. The van der Waals surface area contributed by atoms with Crippen LogP contribution in [0, 0.1) is 6.92 Å². The van der Waals surface area contributed by atoms with Crippen molar-refractivity contribution >= 4 is 11.6 Å². The number of aryl methyl sites for hydroxylation is 2. The van der Waals surface area contributed by atoms with Crippen LogP contribution in [0.25, 0.3) is 0 Å². The molecule has 0 spiro atoms. The van der Waals surface area contributed by atoms with Crippen molar-refractivity contribution in [2.45, 2.75) is 45.6 Å². The maximum atomic E-state index is 6.20. The third-order valence-electron chi connectivity index (χ3n) is 3.13. The van der Waals surface area contributed by atoms with E-state index in [1.54, 1.807) is 0 Å². The van der Waals surface area contributed by atoms with Crippen LogP contribution in [0.15, 0.2) is 0 Å². The number of halogens is 1. The molecule has 0 aliphatic carbocycles. The van der Waals surface area contributed by atoms with Crippen molar-refractivity contribution in [2.75, 3.05) is 7.05 Å². The van der Waals surface area contributed by atoms with Gasteiger partial charge in [0.2, 0.25) is 0 Å². The highest BCUT2D eigenvalue weighted by atomic mass is 35.5. The first-order chi connectivity index (χ1) is 7.60. The molecule has 16 heavy (non-hydrogen) atoms. The average molecular weight is 244 g/mol. The van der Waals surface area contributed by atoms with Gasteiger partial charge in [0.1, 0.15) is 0 Å². The maximum Gasteiger partial charge on any atom is 0.0846 e. The summed E-state index contributed by atoms with van der Waals surface area (Å²) < 4.78 is 1.90. The molecule has 1 heterocycles. The Morgan fingerprint density at radius 2 is 2.19 bits per heavy atom. The first-order valence-corrected chi connectivity index (χ1v) is 6.33. The summed E-state index contributed by atoms with van der Waals surface area (Å²) >= 11 is 6.20. The highest BCUT2D eigenvalue weighted by Gasteiger charge is 2.11. The van der Waals surface area contributed by atoms with Crippen molar-refractivity contribution in [1.29, 1.82) is 0 Å². The van der Waals surface area contributed by atoms with Crippen LogP contribution < -0.4 is 5.32 Å². The van der Waals surface area contributed by atoms with Crippen LogP contribution in [0.4, 0.5) is 0 Å². The van der Waals surface area contributed by atoms with E-state index in [4.69, 9.17) is 11.6 Å². The predicted molar refractivity (Wildman–Crippen MR) is 69.0 cm³/mol. The molecule has 1 atom stereocenters. The number of rotatable bonds is 6. The van der Waals surface area contributed by atoms with Crippen LogP contribution in [-0.2, 0) is 13.5 Å². The highest BCUT2D eigenvalue weighted by Crippen LogP contribution is 2.21. The lowest BCUT2D eigenvalue weighted by atomic mass is 10.1. The summed E-state index contributed by atoms with van der Waals surface area (Å²) in [6, 6.07) is 0.619. The topological polar surface area (TPSA) is 29.9 Å². The summed E-state index contributed by atoms with van der Waals surface area (Å²) in [5.41, 5.74) is 2.09. The lowest BCUT2D eigenvalue weighted by molar-refractivity contribution is 0.487. The van der Waals surface area contributed by atoms with Crippen LogP contribution in [-0.4, -0.2) is 22.9 Å². The van der Waals surface area contributed by atoms with Gasteiger partial charge in [0.05, 0.1) is 16.4 Å². The SMILES string of the molecule is CCC(CCCc1c(Cl)c(C)nn1C)NC. The summed E-state index contributed by atoms with van der Waals surface area (Å²) in [5, 5.41) is 8.47. The standard InChI is InChI=1S/C12H22ClN3/c1-5-10(14-3)7-6-8-11-12(13)9(2)15-16(11)4/h10,14H,5-8H2,1-4H3. The van der Waals surface area contributed by atoms with Gasteiger partial charge in [-0.15, -0.1) is 0 Å². The van der Waals surface area contributed by atoms with Crippen molar-refractivity contribution in [1.82, 2.24) is 15.1 Å². The number of hydrogen-bond donors (Lipinski definition) is 1. The molecule has 92 valence electrons. The van der Waals surface area contributed by atoms with E-state index in [1.165, 1.54) is 12.8 Å². The Kier molecular flexibility index (Phi) is 5.29. The first-order valence-electron chi connectivity index (χ1n) is 5.95. The van der Waals surface area contributed by atoms with Crippen LogP contribution in [0.3, 0.4) is 0 Å². The Bertz CT molecular complexity index is 329. The van der Waals surface area contributed by atoms with Gasteiger partial charge >= 0.3 is 0 Å². The zero-order valence-corrected chi connectivity index (χ0v) is 11.4.